The van der Waals surface area contributed by atoms with E-state index in [1.54, 1.807) is 0 Å². The summed E-state index contributed by atoms with van der Waals surface area (Å²) in [6.45, 7) is 12.3. The van der Waals surface area contributed by atoms with Crippen molar-refractivity contribution in [3.8, 4) is 0 Å². The van der Waals surface area contributed by atoms with Gasteiger partial charge in [0.1, 0.15) is 0 Å². The van der Waals surface area contributed by atoms with Crippen molar-refractivity contribution in [2.75, 3.05) is 0 Å². The predicted molar refractivity (Wildman–Crippen MR) is 56.2 cm³/mol. The first-order chi connectivity index (χ1) is 4.66. The Bertz CT molecular complexity index is 118. The van der Waals surface area contributed by atoms with Gasteiger partial charge in [-0.3, -0.25) is 0 Å². The maximum Gasteiger partial charge on any atom is 0.0574 e. The molecule has 0 saturated heterocycles. The van der Waals surface area contributed by atoms with Crippen LogP contribution in [0.2, 0.25) is 18.6 Å². The van der Waals surface area contributed by atoms with E-state index in [-0.39, 0.29) is 9.52 Å². The molecule has 1 atom stereocenters. The fraction of sp³-hybridized carbons (Fsp3) is 0.500. The highest BCUT2D eigenvalue weighted by atomic mass is 28.3. The van der Waals surface area contributed by atoms with E-state index in [1.165, 1.54) is 17.3 Å². The summed E-state index contributed by atoms with van der Waals surface area (Å²) < 4.78 is 0. The Morgan fingerprint density at radius 1 is 1.70 bits per heavy atom. The fourth-order valence-electron chi connectivity index (χ4n) is 0.844. The smallest absolute Gasteiger partial charge is 0.0574 e. The Balaban J connectivity index is 3.19. The van der Waals surface area contributed by atoms with Gasteiger partial charge in [0.25, 0.3) is 0 Å². The second kappa shape index (κ2) is 5.68. The quantitative estimate of drug-likeness (QED) is 0.551. The topological polar surface area (TPSA) is 0 Å². The number of hydrogen-bond acceptors (Lipinski definition) is 0. The van der Waals surface area contributed by atoms with E-state index in [1.807, 2.05) is 0 Å². The summed E-state index contributed by atoms with van der Waals surface area (Å²) in [7, 11) is -0.396. The largest absolute Gasteiger partial charge is 0.107 e. The molecule has 10 heavy (non-hydrogen) atoms. The standard InChI is InChI=1S/C8H18Si2/c1-5-10(4)7-6-9-8(2)3/h5,10H,1-2,6-7,9H2,3-4H3. The number of allylic oxidation sites excluding steroid dienone is 1. The highest BCUT2D eigenvalue weighted by Gasteiger charge is 1.97. The highest BCUT2D eigenvalue weighted by molar-refractivity contribution is 6.64. The van der Waals surface area contributed by atoms with Crippen molar-refractivity contribution in [3.05, 3.63) is 24.1 Å². The van der Waals surface area contributed by atoms with Gasteiger partial charge >= 0.3 is 0 Å². The molecule has 2 heteroatoms. The predicted octanol–water partition coefficient (Wildman–Crippen LogP) is 1.69. The molecule has 0 radical (unpaired) electrons. The maximum absolute atomic E-state index is 3.93. The van der Waals surface area contributed by atoms with Crippen LogP contribution in [-0.2, 0) is 0 Å². The average molecular weight is 170 g/mol. The van der Waals surface area contributed by atoms with Gasteiger partial charge in [0.05, 0.1) is 8.80 Å². The molecule has 0 heterocycles. The van der Waals surface area contributed by atoms with E-state index in [9.17, 15) is 0 Å². The van der Waals surface area contributed by atoms with Crippen molar-refractivity contribution in [2.45, 2.75) is 25.6 Å². The molecule has 0 N–H and O–H groups in total. The molecule has 0 aliphatic rings. The molecular formula is C8H18Si2. The second-order valence-corrected chi connectivity index (χ2v) is 8.48. The van der Waals surface area contributed by atoms with Gasteiger partial charge in [0, 0.05) is 9.52 Å². The third-order valence-electron chi connectivity index (χ3n) is 1.67. The monoisotopic (exact) mass is 170 g/mol. The van der Waals surface area contributed by atoms with E-state index >= 15 is 0 Å². The Morgan fingerprint density at radius 3 is 2.70 bits per heavy atom. The van der Waals surface area contributed by atoms with Crippen LogP contribution < -0.4 is 0 Å². The van der Waals surface area contributed by atoms with Crippen LogP contribution in [0.25, 0.3) is 0 Å². The maximum atomic E-state index is 3.93. The fourth-order valence-corrected chi connectivity index (χ4v) is 5.08. The van der Waals surface area contributed by atoms with Gasteiger partial charge in [-0.05, 0) is 6.92 Å². The molecule has 58 valence electrons. The average Bonchev–Trinajstić information content (AvgIpc) is 1.87. The number of hydrogen-bond donors (Lipinski definition) is 0. The van der Waals surface area contributed by atoms with Crippen molar-refractivity contribution in [3.63, 3.8) is 0 Å². The van der Waals surface area contributed by atoms with Crippen LogP contribution in [0.4, 0.5) is 0 Å². The summed E-state index contributed by atoms with van der Waals surface area (Å²) in [6.07, 6.45) is 0. The van der Waals surface area contributed by atoms with Gasteiger partial charge in [0.2, 0.25) is 0 Å². The minimum Gasteiger partial charge on any atom is -0.107 e. The zero-order chi connectivity index (χ0) is 7.98. The first kappa shape index (κ1) is 9.91. The van der Waals surface area contributed by atoms with Crippen molar-refractivity contribution >= 4 is 18.3 Å². The molecule has 0 aliphatic carbocycles. The normalized spacial score (nSPS) is 13.8. The van der Waals surface area contributed by atoms with Crippen LogP contribution in [-0.4, -0.2) is 18.3 Å². The number of rotatable bonds is 5. The molecule has 0 fully saturated rings. The van der Waals surface area contributed by atoms with Gasteiger partial charge in [-0.1, -0.05) is 23.8 Å². The van der Waals surface area contributed by atoms with Gasteiger partial charge in [-0.25, -0.2) is 0 Å². The molecule has 0 aromatic heterocycles. The van der Waals surface area contributed by atoms with Crippen LogP contribution in [0.15, 0.2) is 24.1 Å². The molecule has 0 aromatic rings. The van der Waals surface area contributed by atoms with Crippen LogP contribution in [0, 0.1) is 0 Å². The molecule has 0 bridgehead atoms. The Labute approximate surface area is 68.5 Å². The lowest BCUT2D eigenvalue weighted by atomic mass is 10.8. The lowest BCUT2D eigenvalue weighted by Gasteiger charge is -2.01. The molecule has 0 nitrogen and oxygen atoms in total. The summed E-state index contributed by atoms with van der Waals surface area (Å²) in [6, 6.07) is 2.90. The van der Waals surface area contributed by atoms with Gasteiger partial charge < -0.3 is 0 Å². The van der Waals surface area contributed by atoms with E-state index in [4.69, 9.17) is 0 Å². The van der Waals surface area contributed by atoms with Gasteiger partial charge in [0.15, 0.2) is 0 Å². The van der Waals surface area contributed by atoms with Crippen LogP contribution >= 0.6 is 0 Å². The molecular weight excluding hydrogens is 152 g/mol. The second-order valence-electron chi connectivity index (χ2n) is 3.06. The summed E-state index contributed by atoms with van der Waals surface area (Å²) >= 11 is 0. The third kappa shape index (κ3) is 6.04. The first-order valence-corrected chi connectivity index (χ1v) is 8.28. The van der Waals surface area contributed by atoms with Gasteiger partial charge in [-0.2, -0.15) is 0 Å². The van der Waals surface area contributed by atoms with Crippen molar-refractivity contribution in [1.29, 1.82) is 0 Å². The van der Waals surface area contributed by atoms with Crippen molar-refractivity contribution in [2.24, 2.45) is 0 Å². The Hall–Kier alpha value is -0.0862. The molecule has 1 unspecified atom stereocenters. The molecule has 0 saturated carbocycles. The van der Waals surface area contributed by atoms with E-state index in [0.717, 1.165) is 0 Å². The van der Waals surface area contributed by atoms with E-state index < -0.39 is 8.80 Å². The molecule has 0 aliphatic heterocycles. The third-order valence-corrected chi connectivity index (χ3v) is 6.22. The van der Waals surface area contributed by atoms with Gasteiger partial charge in [-0.15, -0.1) is 18.9 Å². The van der Waals surface area contributed by atoms with E-state index in [2.05, 4.69) is 32.3 Å². The Morgan fingerprint density at radius 2 is 2.30 bits per heavy atom. The van der Waals surface area contributed by atoms with Crippen LogP contribution in [0.5, 0.6) is 0 Å². The lowest BCUT2D eigenvalue weighted by Crippen LogP contribution is -2.03. The van der Waals surface area contributed by atoms with Crippen molar-refractivity contribution < 1.29 is 0 Å². The summed E-state index contributed by atoms with van der Waals surface area (Å²) in [5.41, 5.74) is 2.17. The first-order valence-electron chi connectivity index (χ1n) is 3.93. The summed E-state index contributed by atoms with van der Waals surface area (Å²) in [5.74, 6) is 0. The lowest BCUT2D eigenvalue weighted by molar-refractivity contribution is 1.38. The highest BCUT2D eigenvalue weighted by Crippen LogP contribution is 2.00. The minimum atomic E-state index is -0.483. The SMILES string of the molecule is C=C[SiH](C)CC[SiH2]C(=C)C. The van der Waals surface area contributed by atoms with E-state index in [0.29, 0.717) is 0 Å². The van der Waals surface area contributed by atoms with Crippen molar-refractivity contribution in [1.82, 2.24) is 0 Å². The zero-order valence-electron chi connectivity index (χ0n) is 7.19. The molecule has 0 amide bonds. The summed E-state index contributed by atoms with van der Waals surface area (Å²) in [4.78, 5) is 0. The zero-order valence-corrected chi connectivity index (χ0v) is 9.76. The van der Waals surface area contributed by atoms with Crippen LogP contribution in [0.1, 0.15) is 6.92 Å². The Kier molecular flexibility index (Phi) is 5.63. The minimum absolute atomic E-state index is 0.0865. The molecule has 0 spiro atoms. The molecule has 0 rings (SSSR count). The summed E-state index contributed by atoms with van der Waals surface area (Å²) in [5, 5.41) is 1.45. The van der Waals surface area contributed by atoms with Crippen LogP contribution in [0.3, 0.4) is 0 Å². The molecule has 0 aromatic carbocycles.